The molecule has 1 aliphatic heterocycles. The molecule has 0 aliphatic carbocycles. The zero-order valence-corrected chi connectivity index (χ0v) is 13.7. The summed E-state index contributed by atoms with van der Waals surface area (Å²) >= 11 is 5.74. The highest BCUT2D eigenvalue weighted by atomic mass is 35.5. The van der Waals surface area contributed by atoms with E-state index in [1.165, 1.54) is 30.0 Å². The lowest BCUT2D eigenvalue weighted by molar-refractivity contribution is -0.121. The topological polar surface area (TPSA) is 58.6 Å². The summed E-state index contributed by atoms with van der Waals surface area (Å²) in [6.07, 6.45) is 2.21. The van der Waals surface area contributed by atoms with Gasteiger partial charge in [-0.1, -0.05) is 11.6 Å². The molecule has 0 radical (unpaired) electrons. The summed E-state index contributed by atoms with van der Waals surface area (Å²) < 4.78 is 18.6. The molecule has 2 rings (SSSR count). The molecule has 1 atom stereocenters. The number of hydrogen-bond donors (Lipinski definition) is 1. The van der Waals surface area contributed by atoms with E-state index in [0.717, 1.165) is 19.4 Å². The van der Waals surface area contributed by atoms with Crippen LogP contribution in [0.5, 0.6) is 0 Å². The molecule has 1 saturated heterocycles. The number of nitrogens with zero attached hydrogens (tertiary/aromatic N) is 1. The smallest absolute Gasteiger partial charge is 0.223 e. The van der Waals surface area contributed by atoms with E-state index >= 15 is 0 Å². The van der Waals surface area contributed by atoms with E-state index in [4.69, 9.17) is 16.3 Å². The average molecular weight is 343 g/mol. The third kappa shape index (κ3) is 5.18. The van der Waals surface area contributed by atoms with Gasteiger partial charge in [-0.2, -0.15) is 0 Å². The Morgan fingerprint density at radius 3 is 2.87 bits per heavy atom. The van der Waals surface area contributed by atoms with Gasteiger partial charge in [0.05, 0.1) is 11.1 Å². The third-order valence-electron chi connectivity index (χ3n) is 3.71. The van der Waals surface area contributed by atoms with Crippen molar-refractivity contribution in [1.29, 1.82) is 0 Å². The Kier molecular flexibility index (Phi) is 6.36. The standard InChI is InChI=1S/C16H20ClFN2O3/c1-11(21)20(12-4-5-15(18)14(17)9-12)7-6-16(22)19-10-13-3-2-8-23-13/h4-5,9,13H,2-3,6-8,10H2,1H3,(H,19,22). The maximum Gasteiger partial charge on any atom is 0.223 e. The summed E-state index contributed by atoms with van der Waals surface area (Å²) in [5.41, 5.74) is 0.468. The molecular formula is C16H20ClFN2O3. The predicted molar refractivity (Wildman–Crippen MR) is 86.0 cm³/mol. The van der Waals surface area contributed by atoms with Crippen molar-refractivity contribution in [2.24, 2.45) is 0 Å². The summed E-state index contributed by atoms with van der Waals surface area (Å²) in [4.78, 5) is 25.0. The Bertz CT molecular complexity index is 576. The van der Waals surface area contributed by atoms with Gasteiger partial charge >= 0.3 is 0 Å². The fourth-order valence-electron chi connectivity index (χ4n) is 2.46. The van der Waals surface area contributed by atoms with Gasteiger partial charge in [-0.15, -0.1) is 0 Å². The van der Waals surface area contributed by atoms with Gasteiger partial charge in [0, 0.05) is 38.7 Å². The lowest BCUT2D eigenvalue weighted by Crippen LogP contribution is -2.36. The fraction of sp³-hybridized carbons (Fsp3) is 0.500. The number of amides is 2. The molecule has 2 amide bonds. The molecule has 7 heteroatoms. The van der Waals surface area contributed by atoms with Crippen molar-refractivity contribution in [2.75, 3.05) is 24.6 Å². The largest absolute Gasteiger partial charge is 0.376 e. The monoisotopic (exact) mass is 342 g/mol. The first-order valence-corrected chi connectivity index (χ1v) is 7.96. The number of nitrogens with one attached hydrogen (secondary N) is 1. The van der Waals surface area contributed by atoms with Crippen molar-refractivity contribution in [1.82, 2.24) is 5.32 Å². The SMILES string of the molecule is CC(=O)N(CCC(=O)NCC1CCCO1)c1ccc(F)c(Cl)c1. The Balaban J connectivity index is 1.87. The molecule has 1 heterocycles. The minimum absolute atomic E-state index is 0.0587. The molecule has 0 spiro atoms. The molecule has 0 aromatic heterocycles. The molecule has 1 unspecified atom stereocenters. The molecule has 5 nitrogen and oxygen atoms in total. The van der Waals surface area contributed by atoms with Gasteiger partial charge in [0.2, 0.25) is 11.8 Å². The normalized spacial score (nSPS) is 17.1. The summed E-state index contributed by atoms with van der Waals surface area (Å²) in [7, 11) is 0. The zero-order valence-electron chi connectivity index (χ0n) is 13.0. The van der Waals surface area contributed by atoms with Gasteiger partial charge in [0.25, 0.3) is 0 Å². The Labute approximate surface area is 139 Å². The minimum atomic E-state index is -0.548. The number of hydrogen-bond acceptors (Lipinski definition) is 3. The number of rotatable bonds is 6. The maximum absolute atomic E-state index is 13.2. The highest BCUT2D eigenvalue weighted by Gasteiger charge is 2.18. The van der Waals surface area contributed by atoms with Crippen LogP contribution in [0.15, 0.2) is 18.2 Å². The lowest BCUT2D eigenvalue weighted by Gasteiger charge is -2.21. The highest BCUT2D eigenvalue weighted by Crippen LogP contribution is 2.23. The van der Waals surface area contributed by atoms with Gasteiger partial charge in [0.15, 0.2) is 0 Å². The molecular weight excluding hydrogens is 323 g/mol. The van der Waals surface area contributed by atoms with E-state index in [0.29, 0.717) is 12.2 Å². The van der Waals surface area contributed by atoms with Crippen LogP contribution in [0.2, 0.25) is 5.02 Å². The van der Waals surface area contributed by atoms with Crippen LogP contribution in [0.3, 0.4) is 0 Å². The van der Waals surface area contributed by atoms with E-state index in [2.05, 4.69) is 5.32 Å². The molecule has 126 valence electrons. The first-order chi connectivity index (χ1) is 11.0. The first kappa shape index (κ1) is 17.7. The summed E-state index contributed by atoms with van der Waals surface area (Å²) in [6.45, 7) is 2.82. The Morgan fingerprint density at radius 2 is 2.26 bits per heavy atom. The first-order valence-electron chi connectivity index (χ1n) is 7.59. The van der Waals surface area contributed by atoms with Crippen molar-refractivity contribution < 1.29 is 18.7 Å². The second kappa shape index (κ2) is 8.26. The van der Waals surface area contributed by atoms with Crippen LogP contribution in [0.25, 0.3) is 0 Å². The summed E-state index contributed by atoms with van der Waals surface area (Å²) in [5, 5.41) is 2.74. The summed E-state index contributed by atoms with van der Waals surface area (Å²) in [6, 6.07) is 4.04. The van der Waals surface area contributed by atoms with Crippen molar-refractivity contribution >= 4 is 29.1 Å². The number of benzene rings is 1. The van der Waals surface area contributed by atoms with Crippen LogP contribution in [-0.4, -0.2) is 37.6 Å². The number of carbonyl (C=O) groups excluding carboxylic acids is 2. The van der Waals surface area contributed by atoms with Gasteiger partial charge in [-0.05, 0) is 31.0 Å². The van der Waals surface area contributed by atoms with Crippen LogP contribution in [0, 0.1) is 5.82 Å². The van der Waals surface area contributed by atoms with Crippen LogP contribution >= 0.6 is 11.6 Å². The minimum Gasteiger partial charge on any atom is -0.376 e. The molecule has 23 heavy (non-hydrogen) atoms. The summed E-state index contributed by atoms with van der Waals surface area (Å²) in [5.74, 6) is -0.937. The van der Waals surface area contributed by atoms with Gasteiger partial charge in [-0.25, -0.2) is 4.39 Å². The van der Waals surface area contributed by atoms with E-state index in [9.17, 15) is 14.0 Å². The van der Waals surface area contributed by atoms with Crippen LogP contribution < -0.4 is 10.2 Å². The second-order valence-electron chi connectivity index (χ2n) is 5.46. The van der Waals surface area contributed by atoms with Crippen LogP contribution in [0.4, 0.5) is 10.1 Å². The maximum atomic E-state index is 13.2. The van der Waals surface area contributed by atoms with E-state index in [1.54, 1.807) is 0 Å². The number of anilines is 1. The Hall–Kier alpha value is -1.66. The lowest BCUT2D eigenvalue weighted by atomic mass is 10.2. The van der Waals surface area contributed by atoms with E-state index in [1.807, 2.05) is 0 Å². The number of halogens is 2. The molecule has 1 aromatic carbocycles. The molecule has 0 saturated carbocycles. The molecule has 1 aromatic rings. The van der Waals surface area contributed by atoms with Crippen molar-refractivity contribution in [3.05, 3.63) is 29.0 Å². The van der Waals surface area contributed by atoms with Crippen molar-refractivity contribution in [3.63, 3.8) is 0 Å². The molecule has 1 fully saturated rings. The third-order valence-corrected chi connectivity index (χ3v) is 4.00. The van der Waals surface area contributed by atoms with Crippen molar-refractivity contribution in [2.45, 2.75) is 32.3 Å². The molecule has 1 aliphatic rings. The van der Waals surface area contributed by atoms with E-state index < -0.39 is 5.82 Å². The average Bonchev–Trinajstić information content (AvgIpc) is 3.02. The van der Waals surface area contributed by atoms with Gasteiger partial charge in [0.1, 0.15) is 5.82 Å². The quantitative estimate of drug-likeness (QED) is 0.864. The highest BCUT2D eigenvalue weighted by molar-refractivity contribution is 6.31. The molecule has 1 N–H and O–H groups in total. The van der Waals surface area contributed by atoms with E-state index in [-0.39, 0.29) is 35.9 Å². The van der Waals surface area contributed by atoms with Crippen LogP contribution in [0.1, 0.15) is 26.2 Å². The zero-order chi connectivity index (χ0) is 16.8. The Morgan fingerprint density at radius 1 is 1.48 bits per heavy atom. The molecule has 0 bridgehead atoms. The van der Waals surface area contributed by atoms with Crippen LogP contribution in [-0.2, 0) is 14.3 Å². The number of ether oxygens (including phenoxy) is 1. The van der Waals surface area contributed by atoms with Gasteiger partial charge in [-0.3, -0.25) is 9.59 Å². The number of carbonyl (C=O) groups is 2. The van der Waals surface area contributed by atoms with Crippen molar-refractivity contribution in [3.8, 4) is 0 Å². The van der Waals surface area contributed by atoms with Gasteiger partial charge < -0.3 is 15.0 Å². The predicted octanol–water partition coefficient (Wildman–Crippen LogP) is 2.52. The fourth-order valence-corrected chi connectivity index (χ4v) is 2.63. The second-order valence-corrected chi connectivity index (χ2v) is 5.87.